The maximum atomic E-state index is 12.6. The Labute approximate surface area is 141 Å². The van der Waals surface area contributed by atoms with E-state index >= 15 is 0 Å². The van der Waals surface area contributed by atoms with E-state index in [1.165, 1.54) is 6.07 Å². The van der Waals surface area contributed by atoms with E-state index in [4.69, 9.17) is 5.73 Å². The summed E-state index contributed by atoms with van der Waals surface area (Å²) in [6.45, 7) is 3.58. The van der Waals surface area contributed by atoms with Gasteiger partial charge in [0.05, 0.1) is 10.6 Å². The highest BCUT2D eigenvalue weighted by Crippen LogP contribution is 2.31. The van der Waals surface area contributed by atoms with Gasteiger partial charge < -0.3 is 5.73 Å². The number of nitrogens with two attached hydrogens (primary N) is 1. The van der Waals surface area contributed by atoms with Gasteiger partial charge in [0.2, 0.25) is 0 Å². The predicted molar refractivity (Wildman–Crippen MR) is 93.0 cm³/mol. The first-order chi connectivity index (χ1) is 9.72. The van der Waals surface area contributed by atoms with Crippen molar-refractivity contribution in [1.29, 1.82) is 0 Å². The molecule has 0 atom stereocenters. The molecule has 2 aromatic carbocycles. The Bertz CT molecular complexity index is 805. The van der Waals surface area contributed by atoms with Gasteiger partial charge in [-0.1, -0.05) is 28.1 Å². The highest BCUT2D eigenvalue weighted by Gasteiger charge is 2.20. The quantitative estimate of drug-likeness (QED) is 0.712. The molecule has 0 aromatic heterocycles. The second-order valence-corrected chi connectivity index (χ2v) is 8.02. The molecule has 0 spiro atoms. The van der Waals surface area contributed by atoms with Gasteiger partial charge in [0, 0.05) is 14.6 Å². The zero-order valence-electron chi connectivity index (χ0n) is 11.4. The average Bonchev–Trinajstić information content (AvgIpc) is 2.39. The molecule has 2 aromatic rings. The average molecular weight is 434 g/mol. The molecule has 4 nitrogen and oxygen atoms in total. The lowest BCUT2D eigenvalue weighted by Gasteiger charge is -2.14. The first-order valence-corrected chi connectivity index (χ1v) is 9.13. The minimum Gasteiger partial charge on any atom is -0.398 e. The first-order valence-electron chi connectivity index (χ1n) is 6.06. The van der Waals surface area contributed by atoms with E-state index in [1.807, 2.05) is 13.0 Å². The van der Waals surface area contributed by atoms with Gasteiger partial charge in [-0.25, -0.2) is 8.42 Å². The number of sulfonamides is 1. The lowest BCUT2D eigenvalue weighted by molar-refractivity contribution is 0.600. The second-order valence-electron chi connectivity index (χ2n) is 4.66. The molecule has 0 saturated carbocycles. The van der Waals surface area contributed by atoms with E-state index in [1.54, 1.807) is 25.1 Å². The first kappa shape index (κ1) is 16.3. The fourth-order valence-electron chi connectivity index (χ4n) is 1.88. The summed E-state index contributed by atoms with van der Waals surface area (Å²) in [5, 5.41) is 0. The number of benzene rings is 2. The van der Waals surface area contributed by atoms with Crippen LogP contribution in [0.2, 0.25) is 0 Å². The van der Waals surface area contributed by atoms with Crippen LogP contribution in [0.25, 0.3) is 0 Å². The Morgan fingerprint density at radius 3 is 2.48 bits per heavy atom. The normalized spacial score (nSPS) is 11.4. The zero-order valence-corrected chi connectivity index (χ0v) is 15.4. The van der Waals surface area contributed by atoms with E-state index in [0.29, 0.717) is 25.9 Å². The van der Waals surface area contributed by atoms with Crippen LogP contribution < -0.4 is 10.5 Å². The molecule has 0 aliphatic rings. The summed E-state index contributed by atoms with van der Waals surface area (Å²) in [5.74, 6) is 0. The van der Waals surface area contributed by atoms with E-state index in [9.17, 15) is 8.42 Å². The molecular formula is C14H14Br2N2O2S. The van der Waals surface area contributed by atoms with Crippen LogP contribution in [-0.4, -0.2) is 8.42 Å². The van der Waals surface area contributed by atoms with E-state index in [-0.39, 0.29) is 4.90 Å². The minimum absolute atomic E-state index is 0.155. The highest BCUT2D eigenvalue weighted by molar-refractivity contribution is 9.11. The van der Waals surface area contributed by atoms with Crippen molar-refractivity contribution < 1.29 is 8.42 Å². The van der Waals surface area contributed by atoms with Crippen molar-refractivity contribution in [1.82, 2.24) is 0 Å². The molecule has 21 heavy (non-hydrogen) atoms. The van der Waals surface area contributed by atoms with Crippen molar-refractivity contribution in [2.45, 2.75) is 18.7 Å². The Balaban J connectivity index is 2.51. The summed E-state index contributed by atoms with van der Waals surface area (Å²) < 4.78 is 29.1. The van der Waals surface area contributed by atoms with Crippen LogP contribution in [0, 0.1) is 13.8 Å². The van der Waals surface area contributed by atoms with Gasteiger partial charge in [-0.2, -0.15) is 0 Å². The molecule has 7 heteroatoms. The topological polar surface area (TPSA) is 72.2 Å². The number of aryl methyl sites for hydroxylation is 1. The Morgan fingerprint density at radius 1 is 1.14 bits per heavy atom. The van der Waals surface area contributed by atoms with Crippen LogP contribution in [0.1, 0.15) is 11.1 Å². The minimum atomic E-state index is -3.72. The SMILES string of the molecule is Cc1cccc(NS(=O)(=O)c2cc(Br)cc(N)c2C)c1Br. The van der Waals surface area contributed by atoms with Crippen molar-refractivity contribution in [2.24, 2.45) is 0 Å². The largest absolute Gasteiger partial charge is 0.398 e. The lowest BCUT2D eigenvalue weighted by atomic mass is 10.2. The Hall–Kier alpha value is -1.05. The van der Waals surface area contributed by atoms with E-state index in [0.717, 1.165) is 5.56 Å². The van der Waals surface area contributed by atoms with Crippen molar-refractivity contribution in [3.05, 3.63) is 50.4 Å². The third-order valence-corrected chi connectivity index (χ3v) is 6.09. The molecule has 0 heterocycles. The Kier molecular flexibility index (Phi) is 4.65. The van der Waals surface area contributed by atoms with Crippen LogP contribution in [-0.2, 0) is 10.0 Å². The van der Waals surface area contributed by atoms with Crippen LogP contribution >= 0.6 is 31.9 Å². The monoisotopic (exact) mass is 432 g/mol. The third-order valence-electron chi connectivity index (χ3n) is 3.09. The molecule has 112 valence electrons. The van der Waals surface area contributed by atoms with Gasteiger partial charge in [-0.3, -0.25) is 4.72 Å². The maximum Gasteiger partial charge on any atom is 0.262 e. The zero-order chi connectivity index (χ0) is 15.8. The summed E-state index contributed by atoms with van der Waals surface area (Å²) >= 11 is 6.66. The van der Waals surface area contributed by atoms with E-state index in [2.05, 4.69) is 36.6 Å². The summed E-state index contributed by atoms with van der Waals surface area (Å²) in [4.78, 5) is 0.155. The fourth-order valence-corrected chi connectivity index (χ4v) is 4.37. The van der Waals surface area contributed by atoms with Crippen molar-refractivity contribution >= 4 is 53.3 Å². The summed E-state index contributed by atoms with van der Waals surface area (Å²) in [7, 11) is -3.72. The molecule has 0 fully saturated rings. The number of nitrogens with one attached hydrogen (secondary N) is 1. The van der Waals surface area contributed by atoms with Crippen molar-refractivity contribution in [2.75, 3.05) is 10.5 Å². The number of nitrogen functional groups attached to an aromatic ring is 1. The highest BCUT2D eigenvalue weighted by atomic mass is 79.9. The number of rotatable bonds is 3. The number of halogens is 2. The van der Waals surface area contributed by atoms with Crippen LogP contribution in [0.5, 0.6) is 0 Å². The van der Waals surface area contributed by atoms with Gasteiger partial charge in [0.15, 0.2) is 0 Å². The lowest BCUT2D eigenvalue weighted by Crippen LogP contribution is -2.15. The van der Waals surface area contributed by atoms with E-state index < -0.39 is 10.0 Å². The summed E-state index contributed by atoms with van der Waals surface area (Å²) in [5.41, 5.74) is 8.22. The molecule has 0 unspecified atom stereocenters. The molecule has 0 amide bonds. The molecule has 0 aliphatic heterocycles. The summed E-state index contributed by atoms with van der Waals surface area (Å²) in [6, 6.07) is 8.60. The second kappa shape index (κ2) is 5.98. The fraction of sp³-hybridized carbons (Fsp3) is 0.143. The smallest absolute Gasteiger partial charge is 0.262 e. The molecule has 0 saturated heterocycles. The van der Waals surface area contributed by atoms with Crippen LogP contribution in [0.15, 0.2) is 44.2 Å². The predicted octanol–water partition coefficient (Wildman–Crippen LogP) is 4.21. The van der Waals surface area contributed by atoms with Crippen LogP contribution in [0.3, 0.4) is 0 Å². The van der Waals surface area contributed by atoms with Gasteiger partial charge in [-0.05, 0) is 59.1 Å². The van der Waals surface area contributed by atoms with Gasteiger partial charge >= 0.3 is 0 Å². The van der Waals surface area contributed by atoms with Gasteiger partial charge in [-0.15, -0.1) is 0 Å². The van der Waals surface area contributed by atoms with Crippen molar-refractivity contribution in [3.8, 4) is 0 Å². The number of anilines is 2. The Morgan fingerprint density at radius 2 is 1.81 bits per heavy atom. The maximum absolute atomic E-state index is 12.6. The molecular weight excluding hydrogens is 420 g/mol. The molecule has 2 rings (SSSR count). The molecule has 3 N–H and O–H groups in total. The van der Waals surface area contributed by atoms with Gasteiger partial charge in [0.1, 0.15) is 0 Å². The summed E-state index contributed by atoms with van der Waals surface area (Å²) in [6.07, 6.45) is 0. The number of hydrogen-bond acceptors (Lipinski definition) is 3. The number of hydrogen-bond donors (Lipinski definition) is 2. The molecule has 0 radical (unpaired) electrons. The van der Waals surface area contributed by atoms with Crippen LogP contribution in [0.4, 0.5) is 11.4 Å². The molecule has 0 aliphatic carbocycles. The standard InChI is InChI=1S/C14H14Br2N2O2S/c1-8-4-3-5-12(14(8)16)18-21(19,20)13-7-10(15)6-11(17)9(13)2/h3-7,18H,17H2,1-2H3. The third kappa shape index (κ3) is 3.41. The van der Waals surface area contributed by atoms with Crippen molar-refractivity contribution in [3.63, 3.8) is 0 Å². The van der Waals surface area contributed by atoms with Gasteiger partial charge in [0.25, 0.3) is 10.0 Å². The molecule has 0 bridgehead atoms.